The molecule has 0 unspecified atom stereocenters. The fourth-order valence-electron chi connectivity index (χ4n) is 3.17. The van der Waals surface area contributed by atoms with Crippen LogP contribution in [0.5, 0.6) is 0 Å². The molecule has 1 aromatic heterocycles. The van der Waals surface area contributed by atoms with Crippen molar-refractivity contribution in [3.63, 3.8) is 0 Å². The fraction of sp³-hybridized carbons (Fsp3) is 0.500. The number of aromatic nitrogens is 1. The third kappa shape index (κ3) is 3.92. The lowest BCUT2D eigenvalue weighted by molar-refractivity contribution is 0.339. The van der Waals surface area contributed by atoms with Crippen LogP contribution >= 0.6 is 11.3 Å². The van der Waals surface area contributed by atoms with E-state index < -0.39 is 0 Å². The van der Waals surface area contributed by atoms with Gasteiger partial charge in [0.25, 0.3) is 0 Å². The average molecular weight is 300 g/mol. The quantitative estimate of drug-likeness (QED) is 0.863. The Balaban J connectivity index is 1.59. The maximum Gasteiger partial charge on any atom is 0.0932 e. The van der Waals surface area contributed by atoms with Crippen LogP contribution in [0.1, 0.15) is 49.1 Å². The van der Waals surface area contributed by atoms with Crippen molar-refractivity contribution in [3.05, 3.63) is 40.2 Å². The third-order valence-corrected chi connectivity index (χ3v) is 5.44. The Kier molecular flexibility index (Phi) is 5.04. The summed E-state index contributed by atoms with van der Waals surface area (Å²) in [6, 6.07) is 8.44. The first-order valence-corrected chi connectivity index (χ1v) is 8.97. The molecule has 3 heteroatoms. The topological polar surface area (TPSA) is 38.9 Å². The van der Waals surface area contributed by atoms with Gasteiger partial charge in [0, 0.05) is 17.5 Å². The van der Waals surface area contributed by atoms with Crippen molar-refractivity contribution in [2.45, 2.75) is 51.5 Å². The highest BCUT2D eigenvalue weighted by Gasteiger charge is 2.14. The van der Waals surface area contributed by atoms with Gasteiger partial charge in [0.1, 0.15) is 0 Å². The third-order valence-electron chi connectivity index (χ3n) is 4.53. The van der Waals surface area contributed by atoms with Crippen molar-refractivity contribution in [2.24, 2.45) is 11.7 Å². The molecule has 2 nitrogen and oxygen atoms in total. The second kappa shape index (κ2) is 7.19. The second-order valence-electron chi connectivity index (χ2n) is 6.07. The molecule has 112 valence electrons. The molecule has 1 heterocycles. The first kappa shape index (κ1) is 14.7. The van der Waals surface area contributed by atoms with Crippen LogP contribution in [-0.2, 0) is 13.0 Å². The number of nitrogens with zero attached hydrogens (tertiary/aromatic N) is 1. The van der Waals surface area contributed by atoms with Crippen LogP contribution in [0.2, 0.25) is 0 Å². The Morgan fingerprint density at radius 3 is 2.57 bits per heavy atom. The summed E-state index contributed by atoms with van der Waals surface area (Å²) < 4.78 is 0. The van der Waals surface area contributed by atoms with Crippen LogP contribution in [0, 0.1) is 5.92 Å². The monoisotopic (exact) mass is 300 g/mol. The van der Waals surface area contributed by atoms with Gasteiger partial charge in [-0.15, -0.1) is 11.3 Å². The lowest BCUT2D eigenvalue weighted by Crippen LogP contribution is -2.07. The van der Waals surface area contributed by atoms with Gasteiger partial charge in [-0.3, -0.25) is 0 Å². The predicted octanol–water partition coefficient (Wildman–Crippen LogP) is 4.78. The zero-order chi connectivity index (χ0) is 14.5. The van der Waals surface area contributed by atoms with E-state index in [-0.39, 0.29) is 0 Å². The number of aryl methyl sites for hydroxylation is 1. The van der Waals surface area contributed by atoms with Crippen LogP contribution in [0.3, 0.4) is 0 Å². The summed E-state index contributed by atoms with van der Waals surface area (Å²) in [7, 11) is 0. The van der Waals surface area contributed by atoms with E-state index in [1.54, 1.807) is 0 Å². The van der Waals surface area contributed by atoms with Crippen molar-refractivity contribution < 1.29 is 0 Å². The standard InChI is InChI=1S/C18H24N2S/c19-12-15-6-9-16(10-7-15)17-13-21-18(20-17)11-8-14-4-2-1-3-5-14/h6-7,9-10,13-14H,1-5,8,11-12,19H2. The van der Waals surface area contributed by atoms with E-state index in [1.807, 2.05) is 11.3 Å². The summed E-state index contributed by atoms with van der Waals surface area (Å²) in [5, 5.41) is 3.48. The smallest absolute Gasteiger partial charge is 0.0932 e. The van der Waals surface area contributed by atoms with E-state index in [2.05, 4.69) is 29.6 Å². The molecule has 2 aromatic rings. The fourth-order valence-corrected chi connectivity index (χ4v) is 4.00. The predicted molar refractivity (Wildman–Crippen MR) is 90.3 cm³/mol. The molecule has 0 radical (unpaired) electrons. The maximum atomic E-state index is 5.64. The number of hydrogen-bond acceptors (Lipinski definition) is 3. The summed E-state index contributed by atoms with van der Waals surface area (Å²) in [6.07, 6.45) is 9.63. The normalized spacial score (nSPS) is 16.2. The second-order valence-corrected chi connectivity index (χ2v) is 7.01. The molecule has 1 fully saturated rings. The van der Waals surface area contributed by atoms with Gasteiger partial charge in [-0.25, -0.2) is 4.98 Å². The Bertz CT molecular complexity index is 553. The molecule has 2 N–H and O–H groups in total. The van der Waals surface area contributed by atoms with Gasteiger partial charge >= 0.3 is 0 Å². The number of nitrogens with two attached hydrogens (primary N) is 1. The molecular weight excluding hydrogens is 276 g/mol. The van der Waals surface area contributed by atoms with E-state index in [0.717, 1.165) is 18.0 Å². The number of hydrogen-bond donors (Lipinski definition) is 1. The van der Waals surface area contributed by atoms with Crippen LogP contribution in [0.25, 0.3) is 11.3 Å². The summed E-state index contributed by atoms with van der Waals surface area (Å²) in [5.41, 5.74) is 9.13. The van der Waals surface area contributed by atoms with Crippen molar-refractivity contribution in [3.8, 4) is 11.3 Å². The summed E-state index contributed by atoms with van der Waals surface area (Å²) in [6.45, 7) is 0.601. The van der Waals surface area contributed by atoms with Crippen LogP contribution in [0.15, 0.2) is 29.6 Å². The zero-order valence-electron chi connectivity index (χ0n) is 12.6. The van der Waals surface area contributed by atoms with Crippen molar-refractivity contribution in [1.29, 1.82) is 0 Å². The van der Waals surface area contributed by atoms with E-state index in [4.69, 9.17) is 10.7 Å². The molecular formula is C18H24N2S. The molecule has 1 saturated carbocycles. The Morgan fingerprint density at radius 1 is 1.10 bits per heavy atom. The van der Waals surface area contributed by atoms with E-state index in [1.165, 1.54) is 54.7 Å². The van der Waals surface area contributed by atoms with Crippen LogP contribution in [0.4, 0.5) is 0 Å². The first-order chi connectivity index (χ1) is 10.3. The van der Waals surface area contributed by atoms with Gasteiger partial charge in [0.2, 0.25) is 0 Å². The highest BCUT2D eigenvalue weighted by atomic mass is 32.1. The molecule has 0 aliphatic heterocycles. The molecule has 0 atom stereocenters. The summed E-state index contributed by atoms with van der Waals surface area (Å²) in [5.74, 6) is 0.940. The number of rotatable bonds is 5. The largest absolute Gasteiger partial charge is 0.326 e. The molecule has 0 saturated heterocycles. The highest BCUT2D eigenvalue weighted by molar-refractivity contribution is 7.09. The van der Waals surface area contributed by atoms with Crippen molar-refractivity contribution in [2.75, 3.05) is 0 Å². The molecule has 3 rings (SSSR count). The SMILES string of the molecule is NCc1ccc(-c2csc(CCC3CCCCC3)n2)cc1. The molecule has 0 amide bonds. The van der Waals surface area contributed by atoms with Crippen molar-refractivity contribution in [1.82, 2.24) is 4.98 Å². The molecule has 21 heavy (non-hydrogen) atoms. The van der Waals surface area contributed by atoms with Crippen LogP contribution in [-0.4, -0.2) is 4.98 Å². The lowest BCUT2D eigenvalue weighted by atomic mass is 9.86. The average Bonchev–Trinajstić information content (AvgIpc) is 3.03. The van der Waals surface area contributed by atoms with E-state index >= 15 is 0 Å². The molecule has 0 bridgehead atoms. The minimum absolute atomic E-state index is 0.601. The zero-order valence-corrected chi connectivity index (χ0v) is 13.4. The number of thiazole rings is 1. The van der Waals surface area contributed by atoms with Crippen LogP contribution < -0.4 is 5.73 Å². The molecule has 1 aromatic carbocycles. The first-order valence-electron chi connectivity index (χ1n) is 8.09. The Hall–Kier alpha value is -1.19. The Labute approximate surface area is 131 Å². The molecule has 1 aliphatic rings. The van der Waals surface area contributed by atoms with Gasteiger partial charge < -0.3 is 5.73 Å². The molecule has 1 aliphatic carbocycles. The molecule has 0 spiro atoms. The lowest BCUT2D eigenvalue weighted by Gasteiger charge is -2.20. The van der Waals surface area contributed by atoms with Gasteiger partial charge in [-0.2, -0.15) is 0 Å². The highest BCUT2D eigenvalue weighted by Crippen LogP contribution is 2.29. The van der Waals surface area contributed by atoms with Gasteiger partial charge in [0.05, 0.1) is 10.7 Å². The minimum atomic E-state index is 0.601. The van der Waals surface area contributed by atoms with E-state index in [0.29, 0.717) is 6.54 Å². The van der Waals surface area contributed by atoms with Gasteiger partial charge in [-0.05, 0) is 24.3 Å². The van der Waals surface area contributed by atoms with Gasteiger partial charge in [-0.1, -0.05) is 56.4 Å². The Morgan fingerprint density at radius 2 is 1.86 bits per heavy atom. The number of benzene rings is 1. The summed E-state index contributed by atoms with van der Waals surface area (Å²) in [4.78, 5) is 4.81. The van der Waals surface area contributed by atoms with E-state index in [9.17, 15) is 0 Å². The van der Waals surface area contributed by atoms with Gasteiger partial charge in [0.15, 0.2) is 0 Å². The minimum Gasteiger partial charge on any atom is -0.326 e. The summed E-state index contributed by atoms with van der Waals surface area (Å²) >= 11 is 1.81. The van der Waals surface area contributed by atoms with Crippen molar-refractivity contribution >= 4 is 11.3 Å². The maximum absolute atomic E-state index is 5.64.